The number of benzene rings is 1. The van der Waals surface area contributed by atoms with E-state index >= 15 is 0 Å². The summed E-state index contributed by atoms with van der Waals surface area (Å²) in [5, 5.41) is 12.3. The van der Waals surface area contributed by atoms with E-state index in [4.69, 9.17) is 10.6 Å². The molecule has 0 aliphatic carbocycles. The topological polar surface area (TPSA) is 69.0 Å². The van der Waals surface area contributed by atoms with Crippen molar-refractivity contribution in [2.24, 2.45) is 5.11 Å². The molecule has 5 heteroatoms. The Hall–Kier alpha value is -2.00. The Bertz CT molecular complexity index is 377. The number of halogens is 1. The van der Waals surface area contributed by atoms with E-state index in [1.807, 2.05) is 0 Å². The van der Waals surface area contributed by atoms with E-state index in [1.54, 1.807) is 12.2 Å². The largest absolute Gasteiger partial charge is 0.508 e. The van der Waals surface area contributed by atoms with Crippen LogP contribution in [0.5, 0.6) is 5.75 Å². The lowest BCUT2D eigenvalue weighted by Gasteiger charge is -1.95. The first-order chi connectivity index (χ1) is 6.72. The molecule has 0 amide bonds. The molecule has 1 N–H and O–H groups in total. The van der Waals surface area contributed by atoms with Gasteiger partial charge in [-0.3, -0.25) is 0 Å². The smallest absolute Gasteiger partial charge is 0.127 e. The summed E-state index contributed by atoms with van der Waals surface area (Å²) in [4.78, 5) is 2.55. The van der Waals surface area contributed by atoms with Crippen molar-refractivity contribution in [2.75, 3.05) is 6.54 Å². The highest BCUT2D eigenvalue weighted by atomic mass is 19.1. The molecule has 0 aliphatic heterocycles. The molecule has 1 aromatic rings. The second-order valence-corrected chi connectivity index (χ2v) is 2.56. The van der Waals surface area contributed by atoms with Gasteiger partial charge in [-0.2, -0.15) is 0 Å². The maximum atomic E-state index is 12.7. The fourth-order valence-corrected chi connectivity index (χ4v) is 0.965. The molecule has 0 unspecified atom stereocenters. The number of azide groups is 1. The van der Waals surface area contributed by atoms with Crippen LogP contribution in [0.3, 0.4) is 0 Å². The van der Waals surface area contributed by atoms with Crippen molar-refractivity contribution in [3.63, 3.8) is 0 Å². The third kappa shape index (κ3) is 3.16. The maximum absolute atomic E-state index is 12.7. The summed E-state index contributed by atoms with van der Waals surface area (Å²) in [5.41, 5.74) is 8.50. The molecule has 4 nitrogen and oxygen atoms in total. The number of phenols is 1. The third-order valence-corrected chi connectivity index (χ3v) is 1.47. The van der Waals surface area contributed by atoms with Crippen molar-refractivity contribution < 1.29 is 9.50 Å². The van der Waals surface area contributed by atoms with Crippen LogP contribution in [0.2, 0.25) is 0 Å². The molecule has 0 aliphatic rings. The first-order valence-electron chi connectivity index (χ1n) is 3.89. The number of aromatic hydroxyl groups is 1. The highest BCUT2D eigenvalue weighted by Crippen LogP contribution is 2.15. The first kappa shape index (κ1) is 10.1. The Morgan fingerprint density at radius 2 is 2.29 bits per heavy atom. The normalized spacial score (nSPS) is 10.1. The lowest BCUT2D eigenvalue weighted by molar-refractivity contribution is 0.469. The number of phenolic OH excluding ortho intramolecular Hbond substituents is 1. The molecular formula is C9H8FN3O. The van der Waals surface area contributed by atoms with Gasteiger partial charge in [0.2, 0.25) is 0 Å². The monoisotopic (exact) mass is 193 g/mol. The molecule has 0 saturated carbocycles. The van der Waals surface area contributed by atoms with Gasteiger partial charge in [-0.1, -0.05) is 17.3 Å². The van der Waals surface area contributed by atoms with E-state index in [1.165, 1.54) is 12.1 Å². The van der Waals surface area contributed by atoms with Crippen LogP contribution in [0.4, 0.5) is 4.39 Å². The first-order valence-corrected chi connectivity index (χ1v) is 3.89. The predicted octanol–water partition coefficient (Wildman–Crippen LogP) is 2.85. The van der Waals surface area contributed by atoms with Crippen LogP contribution < -0.4 is 0 Å². The summed E-state index contributed by atoms with van der Waals surface area (Å²) >= 11 is 0. The fraction of sp³-hybridized carbons (Fsp3) is 0.111. The standard InChI is InChI=1S/C9H8FN3O/c10-8-4-7(5-9(14)6-8)2-1-3-12-13-11/h1-2,4-6,14H,3H2. The van der Waals surface area contributed by atoms with Crippen molar-refractivity contribution in [3.05, 3.63) is 46.1 Å². The Balaban J connectivity index is 2.75. The van der Waals surface area contributed by atoms with Crippen LogP contribution in [-0.2, 0) is 0 Å². The van der Waals surface area contributed by atoms with Crippen molar-refractivity contribution in [1.82, 2.24) is 0 Å². The van der Waals surface area contributed by atoms with E-state index in [9.17, 15) is 4.39 Å². The molecule has 0 fully saturated rings. The molecule has 1 aromatic carbocycles. The zero-order valence-electron chi connectivity index (χ0n) is 7.26. The van der Waals surface area contributed by atoms with Gasteiger partial charge in [0.1, 0.15) is 11.6 Å². The second-order valence-electron chi connectivity index (χ2n) is 2.56. The number of rotatable bonds is 3. The summed E-state index contributed by atoms with van der Waals surface area (Å²) in [5.74, 6) is -0.637. The third-order valence-electron chi connectivity index (χ3n) is 1.47. The van der Waals surface area contributed by atoms with Gasteiger partial charge in [0.25, 0.3) is 0 Å². The van der Waals surface area contributed by atoms with Crippen molar-refractivity contribution >= 4 is 6.08 Å². The molecule has 72 valence electrons. The van der Waals surface area contributed by atoms with E-state index in [0.717, 1.165) is 6.07 Å². The minimum absolute atomic E-state index is 0.131. The van der Waals surface area contributed by atoms with Gasteiger partial charge in [0.15, 0.2) is 0 Å². The molecular weight excluding hydrogens is 185 g/mol. The zero-order chi connectivity index (χ0) is 10.4. The van der Waals surface area contributed by atoms with Gasteiger partial charge in [0.05, 0.1) is 0 Å². The summed E-state index contributed by atoms with van der Waals surface area (Å²) in [6.07, 6.45) is 3.14. The molecule has 0 spiro atoms. The van der Waals surface area contributed by atoms with Gasteiger partial charge in [-0.25, -0.2) is 4.39 Å². The van der Waals surface area contributed by atoms with E-state index in [2.05, 4.69) is 10.0 Å². The van der Waals surface area contributed by atoms with Gasteiger partial charge in [0, 0.05) is 17.5 Å². The summed E-state index contributed by atoms with van der Waals surface area (Å²) in [7, 11) is 0. The van der Waals surface area contributed by atoms with Gasteiger partial charge < -0.3 is 5.11 Å². The zero-order valence-corrected chi connectivity index (χ0v) is 7.26. The van der Waals surface area contributed by atoms with Crippen LogP contribution in [0, 0.1) is 5.82 Å². The molecule has 0 radical (unpaired) electrons. The molecule has 0 aromatic heterocycles. The summed E-state index contributed by atoms with van der Waals surface area (Å²) in [6.45, 7) is 0.202. The molecule has 0 bridgehead atoms. The average molecular weight is 193 g/mol. The quantitative estimate of drug-likeness (QED) is 0.447. The molecule has 0 atom stereocenters. The SMILES string of the molecule is [N-]=[N+]=NCC=Cc1cc(O)cc(F)c1. The minimum Gasteiger partial charge on any atom is -0.508 e. The van der Waals surface area contributed by atoms with Gasteiger partial charge in [-0.15, -0.1) is 0 Å². The van der Waals surface area contributed by atoms with Gasteiger partial charge in [-0.05, 0) is 23.2 Å². The van der Waals surface area contributed by atoms with Crippen LogP contribution in [-0.4, -0.2) is 11.7 Å². The van der Waals surface area contributed by atoms with Crippen molar-refractivity contribution in [1.29, 1.82) is 0 Å². The predicted molar refractivity (Wildman–Crippen MR) is 51.1 cm³/mol. The summed E-state index contributed by atoms with van der Waals surface area (Å²) in [6, 6.07) is 3.70. The number of hydrogen-bond donors (Lipinski definition) is 1. The Labute approximate surface area is 79.9 Å². The van der Waals surface area contributed by atoms with E-state index < -0.39 is 5.82 Å². The van der Waals surface area contributed by atoms with Crippen LogP contribution in [0.1, 0.15) is 5.56 Å². The second kappa shape index (κ2) is 4.89. The van der Waals surface area contributed by atoms with E-state index in [-0.39, 0.29) is 12.3 Å². The molecule has 1 rings (SSSR count). The van der Waals surface area contributed by atoms with Crippen LogP contribution in [0.15, 0.2) is 29.4 Å². The van der Waals surface area contributed by atoms with E-state index in [0.29, 0.717) is 5.56 Å². The molecule has 0 saturated heterocycles. The fourth-order valence-electron chi connectivity index (χ4n) is 0.965. The number of nitrogens with zero attached hydrogens (tertiary/aromatic N) is 3. The van der Waals surface area contributed by atoms with Crippen LogP contribution >= 0.6 is 0 Å². The average Bonchev–Trinajstić information content (AvgIpc) is 2.11. The maximum Gasteiger partial charge on any atom is 0.127 e. The van der Waals surface area contributed by atoms with Gasteiger partial charge >= 0.3 is 0 Å². The lowest BCUT2D eigenvalue weighted by atomic mass is 10.2. The Morgan fingerprint density at radius 1 is 1.50 bits per heavy atom. The Morgan fingerprint density at radius 3 is 2.93 bits per heavy atom. The lowest BCUT2D eigenvalue weighted by Crippen LogP contribution is -1.78. The Kier molecular flexibility index (Phi) is 3.52. The molecule has 0 heterocycles. The van der Waals surface area contributed by atoms with Crippen molar-refractivity contribution in [2.45, 2.75) is 0 Å². The minimum atomic E-state index is -0.506. The number of hydrogen-bond acceptors (Lipinski definition) is 2. The molecule has 14 heavy (non-hydrogen) atoms. The highest BCUT2D eigenvalue weighted by molar-refractivity contribution is 5.51. The van der Waals surface area contributed by atoms with Crippen LogP contribution in [0.25, 0.3) is 16.5 Å². The van der Waals surface area contributed by atoms with Crippen molar-refractivity contribution in [3.8, 4) is 5.75 Å². The summed E-state index contributed by atoms with van der Waals surface area (Å²) < 4.78 is 12.7. The highest BCUT2D eigenvalue weighted by Gasteiger charge is 1.95.